The third-order valence-electron chi connectivity index (χ3n) is 7.37. The number of benzene rings is 1. The van der Waals surface area contributed by atoms with Crippen LogP contribution in [0.15, 0.2) is 35.5 Å². The average molecular weight is 413 g/mol. The minimum Gasteiger partial charge on any atom is -0.462 e. The second-order valence-corrected chi connectivity index (χ2v) is 8.91. The van der Waals surface area contributed by atoms with Crippen molar-refractivity contribution in [2.45, 2.75) is 44.2 Å². The number of nitrogens with two attached hydrogens (primary N) is 1. The molecule has 4 atom stereocenters. The highest BCUT2D eigenvalue weighted by molar-refractivity contribution is 5.76. The van der Waals surface area contributed by atoms with Crippen molar-refractivity contribution < 1.29 is 18.3 Å². The molecule has 0 radical (unpaired) electrons. The van der Waals surface area contributed by atoms with Gasteiger partial charge in [0.05, 0.1) is 12.3 Å². The topological polar surface area (TPSA) is 69.7 Å². The molecule has 5 nitrogen and oxygen atoms in total. The van der Waals surface area contributed by atoms with Crippen LogP contribution in [0.1, 0.15) is 37.3 Å². The van der Waals surface area contributed by atoms with Gasteiger partial charge in [-0.05, 0) is 60.4 Å². The van der Waals surface area contributed by atoms with Crippen molar-refractivity contribution in [3.8, 4) is 11.1 Å². The Morgan fingerprint density at radius 3 is 2.80 bits per heavy atom. The number of fused-ring (bicyclic) bond motifs is 3. The van der Waals surface area contributed by atoms with Gasteiger partial charge in [0.25, 0.3) is 6.02 Å². The molecule has 1 aromatic heterocycles. The van der Waals surface area contributed by atoms with Crippen LogP contribution in [0.2, 0.25) is 0 Å². The molecule has 2 aromatic rings. The van der Waals surface area contributed by atoms with E-state index in [0.717, 1.165) is 43.0 Å². The number of hydrogen-bond acceptors (Lipinski definition) is 5. The van der Waals surface area contributed by atoms with Gasteiger partial charge in [0.1, 0.15) is 18.0 Å². The molecule has 2 heterocycles. The van der Waals surface area contributed by atoms with E-state index in [2.05, 4.69) is 11.9 Å². The maximum Gasteiger partial charge on any atom is 0.283 e. The molecular formula is C23H25F2N3O2. The summed E-state index contributed by atoms with van der Waals surface area (Å²) in [5.41, 5.74) is 8.12. The van der Waals surface area contributed by atoms with Gasteiger partial charge in [-0.2, -0.15) is 4.39 Å². The lowest BCUT2D eigenvalue weighted by Crippen LogP contribution is -2.48. The van der Waals surface area contributed by atoms with E-state index in [1.54, 1.807) is 7.11 Å². The summed E-state index contributed by atoms with van der Waals surface area (Å²) in [5, 5.41) is 0. The van der Waals surface area contributed by atoms with Gasteiger partial charge in [0, 0.05) is 18.1 Å². The summed E-state index contributed by atoms with van der Waals surface area (Å²) >= 11 is 0. The molecule has 0 unspecified atom stereocenters. The number of methoxy groups -OCH3 is 1. The normalized spacial score (nSPS) is 32.3. The van der Waals surface area contributed by atoms with Crippen LogP contribution >= 0.6 is 0 Å². The van der Waals surface area contributed by atoms with Crippen LogP contribution < -0.4 is 5.73 Å². The van der Waals surface area contributed by atoms with E-state index < -0.39 is 17.3 Å². The first-order chi connectivity index (χ1) is 14.4. The fraction of sp³-hybridized carbons (Fsp3) is 0.478. The van der Waals surface area contributed by atoms with E-state index in [1.807, 2.05) is 18.2 Å². The lowest BCUT2D eigenvalue weighted by Gasteiger charge is -2.47. The summed E-state index contributed by atoms with van der Waals surface area (Å²) < 4.78 is 39.5. The van der Waals surface area contributed by atoms with Crippen molar-refractivity contribution in [1.82, 2.24) is 4.98 Å². The largest absolute Gasteiger partial charge is 0.462 e. The van der Waals surface area contributed by atoms with Gasteiger partial charge >= 0.3 is 0 Å². The summed E-state index contributed by atoms with van der Waals surface area (Å²) in [5.74, 6) is -0.898. The molecule has 0 saturated heterocycles. The zero-order valence-electron chi connectivity index (χ0n) is 17.1. The zero-order chi connectivity index (χ0) is 21.1. The number of aliphatic imine (C=N–C) groups is 1. The van der Waals surface area contributed by atoms with Crippen molar-refractivity contribution in [1.29, 1.82) is 0 Å². The lowest BCUT2D eigenvalue weighted by atomic mass is 9.59. The van der Waals surface area contributed by atoms with E-state index in [-0.39, 0.29) is 23.1 Å². The van der Waals surface area contributed by atoms with Crippen LogP contribution in [0.5, 0.6) is 0 Å². The molecule has 0 amide bonds. The highest BCUT2D eigenvalue weighted by Crippen LogP contribution is 2.62. The van der Waals surface area contributed by atoms with Crippen molar-refractivity contribution in [2.24, 2.45) is 22.1 Å². The molecule has 1 saturated carbocycles. The van der Waals surface area contributed by atoms with Gasteiger partial charge in [-0.3, -0.25) is 0 Å². The van der Waals surface area contributed by atoms with Crippen LogP contribution in [0.4, 0.5) is 8.78 Å². The molecule has 2 N–H and O–H groups in total. The van der Waals surface area contributed by atoms with E-state index in [4.69, 9.17) is 20.2 Å². The summed E-state index contributed by atoms with van der Waals surface area (Å²) in [6.45, 7) is 2.58. The van der Waals surface area contributed by atoms with Crippen LogP contribution in [0.25, 0.3) is 11.1 Å². The van der Waals surface area contributed by atoms with E-state index in [0.29, 0.717) is 18.1 Å². The Morgan fingerprint density at radius 1 is 1.27 bits per heavy atom. The Morgan fingerprint density at radius 2 is 2.10 bits per heavy atom. The van der Waals surface area contributed by atoms with Crippen LogP contribution in [-0.4, -0.2) is 30.8 Å². The third kappa shape index (κ3) is 2.68. The van der Waals surface area contributed by atoms with E-state index >= 15 is 0 Å². The number of rotatable bonds is 2. The van der Waals surface area contributed by atoms with Crippen molar-refractivity contribution >= 4 is 6.02 Å². The minimum atomic E-state index is -0.696. The fourth-order valence-electron chi connectivity index (χ4n) is 5.98. The number of ether oxygens (including phenoxy) is 2. The summed E-state index contributed by atoms with van der Waals surface area (Å²) in [4.78, 5) is 8.38. The van der Waals surface area contributed by atoms with Gasteiger partial charge < -0.3 is 15.2 Å². The van der Waals surface area contributed by atoms with Gasteiger partial charge in [-0.15, -0.1) is 0 Å². The van der Waals surface area contributed by atoms with E-state index in [9.17, 15) is 8.78 Å². The molecule has 3 aliphatic rings. The monoisotopic (exact) mass is 413 g/mol. The number of nitrogens with zero attached hydrogens (tertiary/aromatic N) is 2. The van der Waals surface area contributed by atoms with Crippen LogP contribution in [-0.2, 0) is 21.4 Å². The summed E-state index contributed by atoms with van der Waals surface area (Å²) in [6, 6.07) is 7.12. The highest BCUT2D eigenvalue weighted by atomic mass is 19.1. The van der Waals surface area contributed by atoms with Gasteiger partial charge in [0.15, 0.2) is 0 Å². The number of halogens is 2. The maximum atomic E-state index is 14.4. The Hall–Kier alpha value is -2.54. The fourth-order valence-corrected chi connectivity index (χ4v) is 5.98. The third-order valence-corrected chi connectivity index (χ3v) is 7.37. The summed E-state index contributed by atoms with van der Waals surface area (Å²) in [7, 11) is 1.76. The highest BCUT2D eigenvalue weighted by Gasteiger charge is 2.62. The molecule has 2 aliphatic carbocycles. The molecule has 158 valence electrons. The maximum absolute atomic E-state index is 14.4. The molecule has 0 bridgehead atoms. The molecule has 30 heavy (non-hydrogen) atoms. The number of hydrogen-bond donors (Lipinski definition) is 1. The Kier molecular flexibility index (Phi) is 4.36. The molecule has 1 aliphatic heterocycles. The number of amidine groups is 1. The van der Waals surface area contributed by atoms with Crippen molar-refractivity contribution in [3.05, 3.63) is 53.4 Å². The van der Waals surface area contributed by atoms with Crippen molar-refractivity contribution in [3.63, 3.8) is 0 Å². The molecule has 1 aromatic carbocycles. The zero-order valence-corrected chi connectivity index (χ0v) is 17.1. The first kappa shape index (κ1) is 19.4. The minimum absolute atomic E-state index is 0.137. The van der Waals surface area contributed by atoms with Crippen molar-refractivity contribution in [2.75, 3.05) is 13.7 Å². The Bertz CT molecular complexity index is 1040. The van der Waals surface area contributed by atoms with E-state index in [1.165, 1.54) is 6.07 Å². The number of aromatic nitrogens is 1. The molecule has 7 heteroatoms. The SMILES string of the molecule is CO[C@@H]1CC[C@]2(Cc3ccc(-c4cc(F)cnc4F)cc3[C@@]23COC(N)=N3)C[C@H]1C. The predicted octanol–water partition coefficient (Wildman–Crippen LogP) is 3.94. The Balaban J connectivity index is 1.64. The first-order valence-corrected chi connectivity index (χ1v) is 10.3. The molecule has 5 rings (SSSR count). The standard InChI is InChI=1S/C23H25F2N3O2/c1-13-9-22(6-5-19(13)29-2)10-15-4-3-14(17-8-16(24)11-27-20(17)25)7-18(15)23(22)12-30-21(26)28-23/h3-4,7-8,11,13,19H,5-6,9-10,12H2,1-2H3,(H2,26,28)/t13-,19-,22-,23+/m1/s1. The second kappa shape index (κ2) is 6.74. The smallest absolute Gasteiger partial charge is 0.283 e. The lowest BCUT2D eigenvalue weighted by molar-refractivity contribution is -0.0445. The average Bonchev–Trinajstić information content (AvgIpc) is 3.23. The predicted molar refractivity (Wildman–Crippen MR) is 109 cm³/mol. The summed E-state index contributed by atoms with van der Waals surface area (Å²) in [6.07, 6.45) is 4.78. The van der Waals surface area contributed by atoms with Crippen LogP contribution in [0, 0.1) is 23.1 Å². The number of pyridine rings is 1. The quantitative estimate of drug-likeness (QED) is 0.757. The van der Waals surface area contributed by atoms with Gasteiger partial charge in [-0.25, -0.2) is 14.4 Å². The van der Waals surface area contributed by atoms with Gasteiger partial charge in [0.2, 0.25) is 5.95 Å². The second-order valence-electron chi connectivity index (χ2n) is 8.91. The molecule has 1 fully saturated rings. The van der Waals surface area contributed by atoms with Gasteiger partial charge in [-0.1, -0.05) is 19.1 Å². The Labute approximate surface area is 174 Å². The first-order valence-electron chi connectivity index (χ1n) is 10.3. The van der Waals surface area contributed by atoms with Crippen LogP contribution in [0.3, 0.4) is 0 Å². The molecule has 2 spiro atoms. The molecular weight excluding hydrogens is 388 g/mol.